The topological polar surface area (TPSA) is 156 Å². The van der Waals surface area contributed by atoms with Gasteiger partial charge in [0.15, 0.2) is 0 Å². The Hall–Kier alpha value is -2.42. The van der Waals surface area contributed by atoms with Gasteiger partial charge < -0.3 is 45.9 Å². The van der Waals surface area contributed by atoms with Gasteiger partial charge in [0.2, 0.25) is 0 Å². The maximum atomic E-state index is 12.6. The number of rotatable bonds is 0. The van der Waals surface area contributed by atoms with Crippen LogP contribution in [0.3, 0.4) is 0 Å². The third-order valence-corrected chi connectivity index (χ3v) is 4.20. The minimum absolute atomic E-state index is 0. The van der Waals surface area contributed by atoms with Crippen LogP contribution in [0.2, 0.25) is 0 Å². The number of amides is 4. The molecule has 1 aliphatic heterocycles. The van der Waals surface area contributed by atoms with Gasteiger partial charge in [0, 0.05) is 17.2 Å². The monoisotopic (exact) mass is 444 g/mol. The molecule has 0 radical (unpaired) electrons. The van der Waals surface area contributed by atoms with E-state index in [-0.39, 0.29) is 33.9 Å². The summed E-state index contributed by atoms with van der Waals surface area (Å²) >= 11 is 0. The first-order valence-corrected chi connectivity index (χ1v) is 8.43. The van der Waals surface area contributed by atoms with Crippen molar-refractivity contribution in [2.24, 2.45) is 5.41 Å². The molecule has 0 aromatic heterocycles. The zero-order valence-electron chi connectivity index (χ0n) is 17.1. The first-order valence-electron chi connectivity index (χ1n) is 8.43. The third-order valence-electron chi connectivity index (χ3n) is 4.20. The molecule has 9 nitrogen and oxygen atoms in total. The summed E-state index contributed by atoms with van der Waals surface area (Å²) < 4.78 is 0. The Morgan fingerprint density at radius 2 is 0.931 bits per heavy atom. The minimum atomic E-state index is -1.63. The number of benzene rings is 1. The summed E-state index contributed by atoms with van der Waals surface area (Å²) in [5.41, 5.74) is -4.26. The Kier molecular flexibility index (Phi) is 8.19. The van der Waals surface area contributed by atoms with E-state index in [1.54, 1.807) is 12.1 Å². The molecule has 2 N–H and O–H groups in total. The molecule has 0 aliphatic carbocycles. The molecule has 10 heteroatoms. The van der Waals surface area contributed by atoms with E-state index in [0.717, 1.165) is 0 Å². The average molecular weight is 444 g/mol. The molecular weight excluding hydrogens is 420 g/mol. The van der Waals surface area contributed by atoms with E-state index in [1.165, 1.54) is 53.7 Å². The van der Waals surface area contributed by atoms with Crippen LogP contribution in [0, 0.1) is 5.41 Å². The van der Waals surface area contributed by atoms with E-state index >= 15 is 0 Å². The van der Waals surface area contributed by atoms with Crippen LogP contribution < -0.4 is 0 Å². The predicted molar refractivity (Wildman–Crippen MR) is 105 cm³/mol. The van der Waals surface area contributed by atoms with Crippen LogP contribution in [-0.2, 0) is 36.2 Å². The van der Waals surface area contributed by atoms with E-state index in [9.17, 15) is 19.2 Å². The van der Waals surface area contributed by atoms with Gasteiger partial charge in [0.25, 0.3) is 0 Å². The molecule has 1 aliphatic rings. The molecule has 158 valence electrons. The molecule has 29 heavy (non-hydrogen) atoms. The molecule has 1 aromatic rings. The van der Waals surface area contributed by atoms with Gasteiger partial charge in [-0.05, 0) is 13.8 Å². The van der Waals surface area contributed by atoms with Crippen molar-refractivity contribution in [3.8, 4) is 0 Å². The molecule has 1 heterocycles. The van der Waals surface area contributed by atoms with Crippen LogP contribution in [0.4, 0.5) is 11.4 Å². The smallest absolute Gasteiger partial charge is 0.643 e. The Morgan fingerprint density at radius 1 is 0.621 bits per heavy atom. The largest absolute Gasteiger partial charge is 4.00 e. The van der Waals surface area contributed by atoms with Crippen LogP contribution in [0.25, 0.3) is 21.3 Å². The van der Waals surface area contributed by atoms with E-state index in [4.69, 9.17) is 0 Å². The van der Waals surface area contributed by atoms with Gasteiger partial charge in [0.05, 0.1) is 11.8 Å². The van der Waals surface area contributed by atoms with Gasteiger partial charge in [-0.2, -0.15) is 0 Å². The molecule has 0 fully saturated rings. The molecule has 0 saturated heterocycles. The number of nitrogens with zero attached hydrogens (tertiary/aromatic N) is 4. The molecule has 0 bridgehead atoms. The summed E-state index contributed by atoms with van der Waals surface area (Å²) in [5, 5.41) is 15.8. The predicted octanol–water partition coefficient (Wildman–Crippen LogP) is 3.32. The fraction of sp³-hybridized carbons (Fsp3) is 0.474. The van der Waals surface area contributed by atoms with Gasteiger partial charge in [-0.15, -0.1) is 11.4 Å². The zero-order chi connectivity index (χ0) is 20.6. The molecule has 0 saturated carbocycles. The van der Waals surface area contributed by atoms with Gasteiger partial charge >= 0.3 is 17.1 Å². The van der Waals surface area contributed by atoms with Crippen LogP contribution in [-0.4, -0.2) is 40.2 Å². The number of hydrogen-bond donors (Lipinski definition) is 0. The zero-order valence-corrected chi connectivity index (χ0v) is 18.2. The number of carbonyl (C=O) groups is 4. The van der Waals surface area contributed by atoms with Gasteiger partial charge in [0.1, 0.15) is 0 Å². The Morgan fingerprint density at radius 3 is 1.24 bits per heavy atom. The SMILES string of the molecule is CC1(C)[N-]C(=O)C(C)(C)C(=O)[N-]C(C)(C)C(=O)[N-]c2ccccc2[N-]C1=O.O.[Fe+4]. The molecule has 0 atom stereocenters. The Labute approximate surface area is 180 Å². The molecule has 0 unspecified atom stereocenters. The third kappa shape index (κ3) is 5.56. The molecule has 1 aromatic carbocycles. The van der Waals surface area contributed by atoms with Crippen molar-refractivity contribution in [1.29, 1.82) is 0 Å². The quantitative estimate of drug-likeness (QED) is 0.444. The first-order chi connectivity index (χ1) is 12.3. The minimum Gasteiger partial charge on any atom is -0.643 e. The van der Waals surface area contributed by atoms with E-state index in [2.05, 4.69) is 21.3 Å². The van der Waals surface area contributed by atoms with Crippen molar-refractivity contribution in [3.63, 3.8) is 0 Å². The summed E-state index contributed by atoms with van der Waals surface area (Å²) in [4.78, 5) is 50.4. The summed E-state index contributed by atoms with van der Waals surface area (Å²) in [6.07, 6.45) is 0. The second-order valence-electron chi connectivity index (χ2n) is 7.90. The number of para-hydroxylation sites is 2. The van der Waals surface area contributed by atoms with Crippen molar-refractivity contribution in [3.05, 3.63) is 45.5 Å². The second-order valence-corrected chi connectivity index (χ2v) is 7.90. The first kappa shape index (κ1) is 26.6. The molecule has 2 rings (SSSR count). The standard InChI is InChI=1S/C19H26N4O4.Fe.H2O/c1-17(2)13(24)22-18(3,4)15(26)20-11-9-7-8-10-12(11)21-16(27)19(5,6)23-14(17)25;;/h7-10H,1-6H3,(H4,20,21,22,23,24,25,26,27);;1H2/q;+4;/p-4. The van der Waals surface area contributed by atoms with Crippen molar-refractivity contribution in [2.75, 3.05) is 0 Å². The van der Waals surface area contributed by atoms with E-state index in [0.29, 0.717) is 0 Å². The fourth-order valence-electron chi connectivity index (χ4n) is 2.12. The summed E-state index contributed by atoms with van der Waals surface area (Å²) in [6.45, 7) is 8.45. The van der Waals surface area contributed by atoms with Gasteiger partial charge in [-0.25, -0.2) is 0 Å². The van der Waals surface area contributed by atoms with Crippen LogP contribution in [0.1, 0.15) is 41.5 Å². The van der Waals surface area contributed by atoms with Crippen molar-refractivity contribution in [2.45, 2.75) is 52.6 Å². The van der Waals surface area contributed by atoms with Crippen LogP contribution in [0.5, 0.6) is 0 Å². The number of hydrogen-bond acceptors (Lipinski definition) is 4. The van der Waals surface area contributed by atoms with Crippen molar-refractivity contribution in [1.82, 2.24) is 0 Å². The maximum Gasteiger partial charge on any atom is 4.00 e. The average Bonchev–Trinajstić information content (AvgIpc) is 2.54. The van der Waals surface area contributed by atoms with Crippen LogP contribution >= 0.6 is 0 Å². The molecule has 4 amide bonds. The van der Waals surface area contributed by atoms with Crippen molar-refractivity contribution < 1.29 is 41.7 Å². The Bertz CT molecular complexity index is 756. The van der Waals surface area contributed by atoms with Gasteiger partial charge in [-0.1, -0.05) is 63.0 Å². The van der Waals surface area contributed by atoms with Gasteiger partial charge in [-0.3, -0.25) is 0 Å². The summed E-state index contributed by atoms with van der Waals surface area (Å²) in [7, 11) is 0. The fourth-order valence-corrected chi connectivity index (χ4v) is 2.12. The second kappa shape index (κ2) is 8.94. The Balaban J connectivity index is 0.00000392. The summed E-state index contributed by atoms with van der Waals surface area (Å²) in [6, 6.07) is 6.35. The number of fused-ring (bicyclic) bond motifs is 1. The molecule has 0 spiro atoms. The van der Waals surface area contributed by atoms with E-state index in [1.807, 2.05) is 0 Å². The van der Waals surface area contributed by atoms with Crippen LogP contribution in [0.15, 0.2) is 24.3 Å². The molecular formula is C19H24FeN4O5. The summed E-state index contributed by atoms with van der Waals surface area (Å²) in [5.74, 6) is -3.00. The van der Waals surface area contributed by atoms with E-state index < -0.39 is 40.1 Å². The normalized spacial score (nSPS) is 20.3. The maximum absolute atomic E-state index is 12.6. The van der Waals surface area contributed by atoms with Crippen molar-refractivity contribution >= 4 is 35.0 Å². The number of carbonyl (C=O) groups excluding carboxylic acids is 4.